The van der Waals surface area contributed by atoms with E-state index in [1.165, 1.54) is 21.2 Å². The van der Waals surface area contributed by atoms with Gasteiger partial charge in [0.2, 0.25) is 0 Å². The lowest BCUT2D eigenvalue weighted by Crippen LogP contribution is -2.32. The van der Waals surface area contributed by atoms with Gasteiger partial charge in [-0.05, 0) is 43.6 Å². The third-order valence-corrected chi connectivity index (χ3v) is 10.5. The summed E-state index contributed by atoms with van der Waals surface area (Å²) in [4.78, 5) is 2.66. The maximum atomic E-state index is 2.66. The maximum Gasteiger partial charge on any atom is 0.0269 e. The van der Waals surface area contributed by atoms with Crippen molar-refractivity contribution in [3.05, 3.63) is 121 Å². The van der Waals surface area contributed by atoms with Crippen LogP contribution in [0.25, 0.3) is 0 Å². The Labute approximate surface area is 189 Å². The molecule has 0 bridgehead atoms. The zero-order valence-electron chi connectivity index (χ0n) is 18.0. The second-order valence-electron chi connectivity index (χ2n) is 7.47. The lowest BCUT2D eigenvalue weighted by molar-refractivity contribution is 0.395. The average molecular weight is 441 g/mol. The van der Waals surface area contributed by atoms with Gasteiger partial charge in [-0.3, -0.25) is 4.90 Å². The van der Waals surface area contributed by atoms with Crippen LogP contribution in [0.15, 0.2) is 121 Å². The largest absolute Gasteiger partial charge is 0.294 e. The summed E-state index contributed by atoms with van der Waals surface area (Å²) in [7, 11) is -0.856. The molecule has 0 aliphatic rings. The number of hydrogen-bond acceptors (Lipinski definition) is 1. The molecule has 0 saturated carbocycles. The van der Waals surface area contributed by atoms with E-state index >= 15 is 0 Å². The molecule has 3 heteroatoms. The number of hydrogen-bond donors (Lipinski definition) is 0. The first-order chi connectivity index (χ1) is 15.3. The molecule has 0 amide bonds. The highest BCUT2D eigenvalue weighted by Gasteiger charge is 2.21. The molecule has 0 spiro atoms. The Hall–Kier alpha value is -2.30. The highest BCUT2D eigenvalue weighted by molar-refractivity contribution is 7.73. The van der Waals surface area contributed by atoms with E-state index < -0.39 is 15.8 Å². The van der Waals surface area contributed by atoms with E-state index in [1.807, 2.05) is 0 Å². The summed E-state index contributed by atoms with van der Waals surface area (Å²) in [5.74, 6) is 0. The fourth-order valence-corrected chi connectivity index (χ4v) is 8.64. The van der Waals surface area contributed by atoms with Crippen molar-refractivity contribution in [1.82, 2.24) is 4.90 Å². The van der Waals surface area contributed by atoms with Gasteiger partial charge in [0.25, 0.3) is 0 Å². The second-order valence-corrected chi connectivity index (χ2v) is 11.8. The molecule has 0 unspecified atom stereocenters. The summed E-state index contributed by atoms with van der Waals surface area (Å²) < 4.78 is 0. The summed E-state index contributed by atoms with van der Waals surface area (Å²) in [6.07, 6.45) is 2.16. The Bertz CT molecular complexity index is 860. The highest BCUT2D eigenvalue weighted by Crippen LogP contribution is 2.39. The Morgan fingerprint density at radius 3 is 0.935 bits per heavy atom. The molecule has 4 rings (SSSR count). The molecule has 31 heavy (non-hydrogen) atoms. The predicted octanol–water partition coefficient (Wildman–Crippen LogP) is 5.49. The maximum absolute atomic E-state index is 2.66. The molecule has 0 fully saturated rings. The fourth-order valence-electron chi connectivity index (χ4n) is 3.70. The summed E-state index contributed by atoms with van der Waals surface area (Å²) in [6.45, 7) is 3.35. The summed E-state index contributed by atoms with van der Waals surface area (Å²) in [5, 5.41) is 5.80. The second kappa shape index (κ2) is 11.4. The van der Waals surface area contributed by atoms with Crippen molar-refractivity contribution in [2.45, 2.75) is 6.92 Å². The van der Waals surface area contributed by atoms with E-state index in [-0.39, 0.29) is 0 Å². The molecular weight excluding hydrogens is 412 g/mol. The molecule has 0 aliphatic carbocycles. The van der Waals surface area contributed by atoms with E-state index in [1.54, 1.807) is 0 Å². The number of rotatable bonds is 9. The first-order valence-electron chi connectivity index (χ1n) is 10.8. The van der Waals surface area contributed by atoms with E-state index in [0.29, 0.717) is 0 Å². The highest BCUT2D eigenvalue weighted by atomic mass is 31.1. The standard InChI is InChI=1S/C28H29NP2/c1-2-29(23-30(25-15-7-3-8-16-25)26-17-9-4-10-18-26)24-31(27-19-11-5-12-20-27)28-21-13-6-14-22-28/h3-22H,2,23-24H2,1H3. The molecule has 4 aromatic carbocycles. The molecule has 4 aromatic rings. The van der Waals surface area contributed by atoms with Gasteiger partial charge in [0.05, 0.1) is 0 Å². The first kappa shape index (κ1) is 21.9. The van der Waals surface area contributed by atoms with Gasteiger partial charge < -0.3 is 0 Å². The molecular formula is C28H29NP2. The van der Waals surface area contributed by atoms with Crippen LogP contribution in [0.1, 0.15) is 6.92 Å². The van der Waals surface area contributed by atoms with Crippen molar-refractivity contribution in [3.8, 4) is 0 Å². The predicted molar refractivity (Wildman–Crippen MR) is 140 cm³/mol. The molecule has 156 valence electrons. The average Bonchev–Trinajstić information content (AvgIpc) is 2.86. The summed E-state index contributed by atoms with van der Waals surface area (Å²) >= 11 is 0. The van der Waals surface area contributed by atoms with Gasteiger partial charge in [-0.25, -0.2) is 0 Å². The molecule has 0 aliphatic heterocycles. The lowest BCUT2D eigenvalue weighted by atomic mass is 10.4. The summed E-state index contributed by atoms with van der Waals surface area (Å²) in [5.41, 5.74) is 0. The van der Waals surface area contributed by atoms with E-state index in [4.69, 9.17) is 0 Å². The zero-order valence-corrected chi connectivity index (χ0v) is 19.8. The Kier molecular flexibility index (Phi) is 8.03. The van der Waals surface area contributed by atoms with Crippen LogP contribution in [0.4, 0.5) is 0 Å². The third kappa shape index (κ3) is 5.90. The molecule has 0 radical (unpaired) electrons. The minimum absolute atomic E-state index is 0.428. The van der Waals surface area contributed by atoms with Crippen molar-refractivity contribution in [1.29, 1.82) is 0 Å². The van der Waals surface area contributed by atoms with Crippen LogP contribution in [0.5, 0.6) is 0 Å². The van der Waals surface area contributed by atoms with Crippen LogP contribution in [0.3, 0.4) is 0 Å². The third-order valence-electron chi connectivity index (χ3n) is 5.40. The van der Waals surface area contributed by atoms with E-state index in [0.717, 1.165) is 19.1 Å². The van der Waals surface area contributed by atoms with Crippen molar-refractivity contribution in [2.24, 2.45) is 0 Å². The van der Waals surface area contributed by atoms with Crippen molar-refractivity contribution < 1.29 is 0 Å². The lowest BCUT2D eigenvalue weighted by Gasteiger charge is -2.31. The van der Waals surface area contributed by atoms with Gasteiger partial charge in [0, 0.05) is 12.6 Å². The van der Waals surface area contributed by atoms with Gasteiger partial charge in [-0.1, -0.05) is 128 Å². The molecule has 0 atom stereocenters. The van der Waals surface area contributed by atoms with E-state index in [2.05, 4.69) is 133 Å². The zero-order chi connectivity index (χ0) is 21.3. The minimum Gasteiger partial charge on any atom is -0.294 e. The van der Waals surface area contributed by atoms with Gasteiger partial charge in [-0.15, -0.1) is 0 Å². The van der Waals surface area contributed by atoms with Gasteiger partial charge in [0.15, 0.2) is 0 Å². The van der Waals surface area contributed by atoms with Gasteiger partial charge >= 0.3 is 0 Å². The minimum atomic E-state index is -0.428. The normalized spacial score (nSPS) is 11.4. The monoisotopic (exact) mass is 441 g/mol. The molecule has 0 saturated heterocycles. The Morgan fingerprint density at radius 2 is 0.710 bits per heavy atom. The van der Waals surface area contributed by atoms with Crippen LogP contribution in [-0.4, -0.2) is 24.0 Å². The van der Waals surface area contributed by atoms with Crippen LogP contribution in [-0.2, 0) is 0 Å². The van der Waals surface area contributed by atoms with E-state index in [9.17, 15) is 0 Å². The van der Waals surface area contributed by atoms with Crippen LogP contribution >= 0.6 is 15.8 Å². The quantitative estimate of drug-likeness (QED) is 0.311. The van der Waals surface area contributed by atoms with Crippen LogP contribution < -0.4 is 21.2 Å². The molecule has 0 heterocycles. The summed E-state index contributed by atoms with van der Waals surface area (Å²) in [6, 6.07) is 44.2. The molecule has 0 aromatic heterocycles. The fraction of sp³-hybridized carbons (Fsp3) is 0.143. The van der Waals surface area contributed by atoms with Crippen molar-refractivity contribution in [3.63, 3.8) is 0 Å². The van der Waals surface area contributed by atoms with Gasteiger partial charge in [-0.2, -0.15) is 0 Å². The molecule has 1 nitrogen and oxygen atoms in total. The molecule has 0 N–H and O–H groups in total. The number of benzene rings is 4. The van der Waals surface area contributed by atoms with Crippen molar-refractivity contribution >= 4 is 37.1 Å². The number of nitrogens with zero attached hydrogens (tertiary/aromatic N) is 1. The van der Waals surface area contributed by atoms with Crippen LogP contribution in [0.2, 0.25) is 0 Å². The topological polar surface area (TPSA) is 3.24 Å². The first-order valence-corrected chi connectivity index (χ1v) is 13.9. The van der Waals surface area contributed by atoms with Crippen molar-refractivity contribution in [2.75, 3.05) is 19.1 Å². The van der Waals surface area contributed by atoms with Gasteiger partial charge in [0.1, 0.15) is 0 Å². The smallest absolute Gasteiger partial charge is 0.0269 e. The Morgan fingerprint density at radius 1 is 0.452 bits per heavy atom. The SMILES string of the molecule is CCN(CP(c1ccccc1)c1ccccc1)CP(c1ccccc1)c1ccccc1. The van der Waals surface area contributed by atoms with Crippen LogP contribution in [0, 0.1) is 0 Å². The Balaban J connectivity index is 1.63.